The molecule has 0 radical (unpaired) electrons. The lowest BCUT2D eigenvalue weighted by Gasteiger charge is -2.24. The highest BCUT2D eigenvalue weighted by Crippen LogP contribution is 2.37. The number of thioether (sulfide) groups is 1. The van der Waals surface area contributed by atoms with Crippen molar-refractivity contribution in [3.63, 3.8) is 0 Å². The molecule has 6 rings (SSSR count). The Morgan fingerprint density at radius 3 is 2.75 bits per heavy atom. The Morgan fingerprint density at radius 1 is 1.12 bits per heavy atom. The summed E-state index contributed by atoms with van der Waals surface area (Å²) in [7, 11) is 0. The molecule has 0 fully saturated rings. The van der Waals surface area contributed by atoms with Crippen molar-refractivity contribution >= 4 is 34.4 Å². The minimum Gasteiger partial charge on any atom is -0.309 e. The lowest BCUT2D eigenvalue weighted by Crippen LogP contribution is -2.38. The standard InChI is InChI=1S/C24H21N5O2S/c1-15-11-16-7-5-6-10-20(16)27(15)21(30)12-18-14-32-24-26-22-19(23(31)28(18)24)13-25-29(22)17-8-3-2-4-9-17/h2-10,13,15,18H,11-12,14H2,1H3/t15-,18-/m0/s1. The van der Waals surface area contributed by atoms with Crippen LogP contribution in [0.1, 0.15) is 24.9 Å². The molecule has 2 aliphatic rings. The molecule has 7 nitrogen and oxygen atoms in total. The SMILES string of the molecule is C[C@H]1Cc2ccccc2N1C(=O)C[C@H]1CSc2nc3c(cnn3-c3ccccc3)c(=O)n21. The van der Waals surface area contributed by atoms with Crippen molar-refractivity contribution in [2.24, 2.45) is 0 Å². The fourth-order valence-corrected chi connectivity index (χ4v) is 5.91. The number of rotatable bonds is 3. The van der Waals surface area contributed by atoms with E-state index in [-0.39, 0.29) is 30.0 Å². The fourth-order valence-electron chi connectivity index (χ4n) is 4.78. The molecule has 0 aliphatic carbocycles. The number of aromatic nitrogens is 4. The topological polar surface area (TPSA) is 73.0 Å². The normalized spacial score (nSPS) is 19.3. The van der Waals surface area contributed by atoms with Gasteiger partial charge in [-0.15, -0.1) is 0 Å². The molecule has 2 aromatic heterocycles. The molecule has 160 valence electrons. The summed E-state index contributed by atoms with van der Waals surface area (Å²) >= 11 is 1.52. The Kier molecular flexibility index (Phi) is 4.43. The summed E-state index contributed by atoms with van der Waals surface area (Å²) in [6.45, 7) is 2.07. The summed E-state index contributed by atoms with van der Waals surface area (Å²) in [4.78, 5) is 33.3. The van der Waals surface area contributed by atoms with Gasteiger partial charge in [0.25, 0.3) is 5.56 Å². The number of fused-ring (bicyclic) bond motifs is 3. The number of carbonyl (C=O) groups is 1. The molecule has 1 amide bonds. The number of hydrogen-bond acceptors (Lipinski definition) is 5. The van der Waals surface area contributed by atoms with E-state index in [1.54, 1.807) is 15.4 Å². The number of hydrogen-bond donors (Lipinski definition) is 0. The van der Waals surface area contributed by atoms with E-state index in [4.69, 9.17) is 4.98 Å². The molecule has 0 spiro atoms. The van der Waals surface area contributed by atoms with E-state index >= 15 is 0 Å². The van der Waals surface area contributed by atoms with Gasteiger partial charge in [0.2, 0.25) is 5.91 Å². The zero-order valence-electron chi connectivity index (χ0n) is 17.5. The van der Waals surface area contributed by atoms with Crippen LogP contribution in [0.4, 0.5) is 5.69 Å². The molecule has 0 N–H and O–H groups in total. The van der Waals surface area contributed by atoms with Crippen LogP contribution in [0.15, 0.2) is 70.7 Å². The van der Waals surface area contributed by atoms with Crippen LogP contribution in [0.2, 0.25) is 0 Å². The smallest absolute Gasteiger partial charge is 0.265 e. The second-order valence-electron chi connectivity index (χ2n) is 8.31. The van der Waals surface area contributed by atoms with Gasteiger partial charge < -0.3 is 4.90 Å². The van der Waals surface area contributed by atoms with Gasteiger partial charge in [-0.3, -0.25) is 14.2 Å². The van der Waals surface area contributed by atoms with Crippen LogP contribution in [-0.4, -0.2) is 37.0 Å². The summed E-state index contributed by atoms with van der Waals surface area (Å²) in [6.07, 6.45) is 2.71. The van der Waals surface area contributed by atoms with Gasteiger partial charge in [-0.1, -0.05) is 48.2 Å². The average Bonchev–Trinajstić information content (AvgIpc) is 3.49. The van der Waals surface area contributed by atoms with E-state index in [0.29, 0.717) is 21.9 Å². The third-order valence-corrected chi connectivity index (χ3v) is 7.36. The zero-order valence-corrected chi connectivity index (χ0v) is 18.3. The first-order chi connectivity index (χ1) is 15.6. The van der Waals surface area contributed by atoms with Gasteiger partial charge in [-0.05, 0) is 37.1 Å². The first-order valence-corrected chi connectivity index (χ1v) is 11.7. The fraction of sp³-hybridized carbons (Fsp3) is 0.250. The van der Waals surface area contributed by atoms with Gasteiger partial charge in [0.05, 0.1) is 17.9 Å². The van der Waals surface area contributed by atoms with E-state index in [9.17, 15) is 9.59 Å². The Morgan fingerprint density at radius 2 is 1.91 bits per heavy atom. The van der Waals surface area contributed by atoms with Gasteiger partial charge in [-0.25, -0.2) is 9.67 Å². The second-order valence-corrected chi connectivity index (χ2v) is 9.30. The largest absolute Gasteiger partial charge is 0.309 e. The molecule has 8 heteroatoms. The van der Waals surface area contributed by atoms with Crippen molar-refractivity contribution in [1.82, 2.24) is 19.3 Å². The Hall–Kier alpha value is -3.39. The van der Waals surface area contributed by atoms with Crippen molar-refractivity contribution < 1.29 is 4.79 Å². The maximum Gasteiger partial charge on any atom is 0.265 e. The second kappa shape index (κ2) is 7.34. The molecule has 0 bridgehead atoms. The molecule has 4 heterocycles. The van der Waals surface area contributed by atoms with Gasteiger partial charge >= 0.3 is 0 Å². The summed E-state index contributed by atoms with van der Waals surface area (Å²) in [5, 5.41) is 5.52. The van der Waals surface area contributed by atoms with Crippen LogP contribution in [0.5, 0.6) is 0 Å². The molecule has 0 saturated heterocycles. The first-order valence-electron chi connectivity index (χ1n) is 10.7. The first kappa shape index (κ1) is 19.3. The van der Waals surface area contributed by atoms with Gasteiger partial charge in [0.1, 0.15) is 5.39 Å². The highest BCUT2D eigenvalue weighted by Gasteiger charge is 2.35. The highest BCUT2D eigenvalue weighted by atomic mass is 32.2. The Balaban J connectivity index is 1.34. The lowest BCUT2D eigenvalue weighted by atomic mass is 10.1. The maximum atomic E-state index is 13.4. The monoisotopic (exact) mass is 443 g/mol. The molecular weight excluding hydrogens is 422 g/mol. The number of carbonyl (C=O) groups excluding carboxylic acids is 1. The number of nitrogens with zero attached hydrogens (tertiary/aromatic N) is 5. The molecule has 2 aliphatic heterocycles. The quantitative estimate of drug-likeness (QED) is 0.453. The van der Waals surface area contributed by atoms with E-state index in [1.807, 2.05) is 53.4 Å². The van der Waals surface area contributed by atoms with E-state index in [2.05, 4.69) is 18.1 Å². The van der Waals surface area contributed by atoms with Crippen LogP contribution in [0, 0.1) is 0 Å². The van der Waals surface area contributed by atoms with Gasteiger partial charge in [0, 0.05) is 23.9 Å². The van der Waals surface area contributed by atoms with Crippen LogP contribution in [0.25, 0.3) is 16.7 Å². The average molecular weight is 444 g/mol. The molecule has 4 aromatic rings. The predicted octanol–water partition coefficient (Wildman–Crippen LogP) is 3.60. The minimum absolute atomic E-state index is 0.0490. The molecule has 2 atom stereocenters. The minimum atomic E-state index is -0.216. The van der Waals surface area contributed by atoms with Crippen LogP contribution >= 0.6 is 11.8 Å². The summed E-state index contributed by atoms with van der Waals surface area (Å²) in [6, 6.07) is 17.6. The molecule has 32 heavy (non-hydrogen) atoms. The Labute approximate surface area is 188 Å². The number of para-hydroxylation sites is 2. The Bertz CT molecular complexity index is 1410. The number of amides is 1. The van der Waals surface area contributed by atoms with Crippen molar-refractivity contribution in [3.05, 3.63) is 76.7 Å². The predicted molar refractivity (Wildman–Crippen MR) is 125 cm³/mol. The van der Waals surface area contributed by atoms with Crippen molar-refractivity contribution in [2.45, 2.75) is 37.0 Å². The third-order valence-electron chi connectivity index (χ3n) is 6.26. The van der Waals surface area contributed by atoms with E-state index in [0.717, 1.165) is 17.8 Å². The third kappa shape index (κ3) is 2.90. The highest BCUT2D eigenvalue weighted by molar-refractivity contribution is 7.99. The van der Waals surface area contributed by atoms with E-state index in [1.165, 1.54) is 17.3 Å². The van der Waals surface area contributed by atoms with Crippen molar-refractivity contribution in [1.29, 1.82) is 0 Å². The van der Waals surface area contributed by atoms with Crippen LogP contribution in [-0.2, 0) is 11.2 Å². The lowest BCUT2D eigenvalue weighted by molar-refractivity contribution is -0.119. The number of benzene rings is 2. The summed E-state index contributed by atoms with van der Waals surface area (Å²) in [5.41, 5.74) is 3.46. The van der Waals surface area contributed by atoms with Crippen molar-refractivity contribution in [2.75, 3.05) is 10.7 Å². The molecule has 2 aromatic carbocycles. The van der Waals surface area contributed by atoms with Crippen LogP contribution < -0.4 is 10.5 Å². The molecule has 0 unspecified atom stereocenters. The zero-order chi connectivity index (χ0) is 21.8. The molecular formula is C24H21N5O2S. The van der Waals surface area contributed by atoms with Crippen molar-refractivity contribution in [3.8, 4) is 5.69 Å². The van der Waals surface area contributed by atoms with E-state index < -0.39 is 0 Å². The van der Waals surface area contributed by atoms with Gasteiger partial charge in [0.15, 0.2) is 10.8 Å². The summed E-state index contributed by atoms with van der Waals surface area (Å²) < 4.78 is 3.38. The van der Waals surface area contributed by atoms with Gasteiger partial charge in [-0.2, -0.15) is 5.10 Å². The summed E-state index contributed by atoms with van der Waals surface area (Å²) in [5.74, 6) is 0.705. The number of anilines is 1. The molecule has 0 saturated carbocycles. The maximum absolute atomic E-state index is 13.4. The van der Waals surface area contributed by atoms with Crippen LogP contribution in [0.3, 0.4) is 0 Å².